The number of carbonyl (C=O) groups is 2. The quantitative estimate of drug-likeness (QED) is 0.410. The maximum absolute atomic E-state index is 14.8. The van der Waals surface area contributed by atoms with E-state index < -0.39 is 36.0 Å². The number of aromatic amines is 1. The molecule has 9 nitrogen and oxygen atoms in total. The number of halogens is 2. The molecule has 2 aromatic heterocycles. The number of aromatic nitrogens is 4. The standard InChI is InChI=1S/C25H29F2N7O2/c1-14(2)19-6-7-20(30-24(19)27)23(16-5-3-4-15(8-16)11-28)31-25(36)21-9-17(26)13-34(21)22(35)10-18-12-29-33-32-18/h3-8,12,14,17,21,23H,9-11,13,28H2,1-2H3,(H,31,36)(H,29,32,33)/t17-,21+,23-/m1/s1. The molecule has 1 fully saturated rings. The van der Waals surface area contributed by atoms with Crippen LogP contribution in [0.2, 0.25) is 0 Å². The van der Waals surface area contributed by atoms with Gasteiger partial charge in [-0.1, -0.05) is 44.2 Å². The van der Waals surface area contributed by atoms with Crippen molar-refractivity contribution in [2.75, 3.05) is 6.54 Å². The molecule has 0 spiro atoms. The van der Waals surface area contributed by atoms with Crippen LogP contribution in [0.5, 0.6) is 0 Å². The van der Waals surface area contributed by atoms with Crippen LogP contribution in [0.1, 0.15) is 60.3 Å². The van der Waals surface area contributed by atoms with Crippen molar-refractivity contribution in [1.29, 1.82) is 0 Å². The minimum atomic E-state index is -1.35. The fourth-order valence-corrected chi connectivity index (χ4v) is 4.39. The van der Waals surface area contributed by atoms with Gasteiger partial charge in [0.25, 0.3) is 0 Å². The fraction of sp³-hybridized carbons (Fsp3) is 0.400. The highest BCUT2D eigenvalue weighted by Crippen LogP contribution is 2.27. The number of H-pyrrole nitrogens is 1. The van der Waals surface area contributed by atoms with Gasteiger partial charge in [-0.05, 0) is 23.1 Å². The van der Waals surface area contributed by atoms with E-state index in [1.807, 2.05) is 19.9 Å². The van der Waals surface area contributed by atoms with E-state index in [1.54, 1.807) is 30.3 Å². The highest BCUT2D eigenvalue weighted by Gasteiger charge is 2.40. The first-order valence-corrected chi connectivity index (χ1v) is 11.8. The van der Waals surface area contributed by atoms with Gasteiger partial charge in [0.15, 0.2) is 0 Å². The maximum atomic E-state index is 14.8. The molecule has 0 bridgehead atoms. The van der Waals surface area contributed by atoms with Crippen molar-refractivity contribution >= 4 is 11.8 Å². The molecule has 0 saturated carbocycles. The van der Waals surface area contributed by atoms with Gasteiger partial charge in [0, 0.05) is 18.5 Å². The molecule has 2 amide bonds. The molecule has 36 heavy (non-hydrogen) atoms. The zero-order valence-corrected chi connectivity index (χ0v) is 20.1. The van der Waals surface area contributed by atoms with Crippen LogP contribution in [0.15, 0.2) is 42.6 Å². The van der Waals surface area contributed by atoms with Crippen LogP contribution in [-0.4, -0.2) is 55.9 Å². The summed E-state index contributed by atoms with van der Waals surface area (Å²) in [6, 6.07) is 8.67. The minimum Gasteiger partial charge on any atom is -0.342 e. The van der Waals surface area contributed by atoms with Gasteiger partial charge < -0.3 is 16.0 Å². The third-order valence-corrected chi connectivity index (χ3v) is 6.29. The fourth-order valence-electron chi connectivity index (χ4n) is 4.39. The van der Waals surface area contributed by atoms with E-state index in [0.717, 1.165) is 5.56 Å². The number of hydrogen-bond donors (Lipinski definition) is 3. The Labute approximate surface area is 207 Å². The van der Waals surface area contributed by atoms with Gasteiger partial charge in [-0.15, -0.1) is 0 Å². The van der Waals surface area contributed by atoms with E-state index in [0.29, 0.717) is 16.8 Å². The second-order valence-electron chi connectivity index (χ2n) is 9.19. The molecule has 0 unspecified atom stereocenters. The first-order chi connectivity index (χ1) is 17.3. The Hall–Kier alpha value is -3.73. The minimum absolute atomic E-state index is 0.0653. The Balaban J connectivity index is 1.62. The second-order valence-corrected chi connectivity index (χ2v) is 9.19. The maximum Gasteiger partial charge on any atom is 0.243 e. The van der Waals surface area contributed by atoms with Crippen molar-refractivity contribution in [3.8, 4) is 0 Å². The highest BCUT2D eigenvalue weighted by molar-refractivity contribution is 5.89. The lowest BCUT2D eigenvalue weighted by molar-refractivity contribution is -0.138. The topological polar surface area (TPSA) is 130 Å². The summed E-state index contributed by atoms with van der Waals surface area (Å²) in [6.07, 6.45) is -0.197. The number of carbonyl (C=O) groups excluding carboxylic acids is 2. The molecule has 3 atom stereocenters. The number of likely N-dealkylation sites (tertiary alicyclic amines) is 1. The van der Waals surface area contributed by atoms with Crippen molar-refractivity contribution < 1.29 is 18.4 Å². The molecule has 1 aliphatic rings. The lowest BCUT2D eigenvalue weighted by Gasteiger charge is -2.27. The number of hydrogen-bond acceptors (Lipinski definition) is 6. The van der Waals surface area contributed by atoms with Gasteiger partial charge in [-0.25, -0.2) is 9.37 Å². The van der Waals surface area contributed by atoms with Crippen LogP contribution in [0.4, 0.5) is 8.78 Å². The number of nitrogens with one attached hydrogen (secondary N) is 2. The third-order valence-electron chi connectivity index (χ3n) is 6.29. The molecule has 3 aromatic rings. The SMILES string of the molecule is CC(C)c1ccc([C@H](NC(=O)[C@@H]2C[C@@H](F)CN2C(=O)Cc2cn[nH]n2)c2cccc(CN)c2)nc1F. The van der Waals surface area contributed by atoms with Crippen LogP contribution >= 0.6 is 0 Å². The summed E-state index contributed by atoms with van der Waals surface area (Å²) in [4.78, 5) is 31.6. The predicted octanol–water partition coefficient (Wildman–Crippen LogP) is 2.31. The summed E-state index contributed by atoms with van der Waals surface area (Å²) < 4.78 is 29.2. The Morgan fingerprint density at radius 2 is 2.08 bits per heavy atom. The molecule has 0 radical (unpaired) electrons. The summed E-state index contributed by atoms with van der Waals surface area (Å²) in [5.41, 5.74) is 8.40. The molecule has 4 N–H and O–H groups in total. The molecule has 4 rings (SSSR count). The Morgan fingerprint density at radius 3 is 2.75 bits per heavy atom. The van der Waals surface area contributed by atoms with Gasteiger partial charge in [0.2, 0.25) is 17.8 Å². The van der Waals surface area contributed by atoms with Crippen molar-refractivity contribution in [2.24, 2.45) is 5.73 Å². The predicted molar refractivity (Wildman–Crippen MR) is 128 cm³/mol. The molecule has 190 valence electrons. The first kappa shape index (κ1) is 25.4. The first-order valence-electron chi connectivity index (χ1n) is 11.8. The van der Waals surface area contributed by atoms with E-state index in [9.17, 15) is 18.4 Å². The molecule has 11 heteroatoms. The number of nitrogens with zero attached hydrogens (tertiary/aromatic N) is 4. The third kappa shape index (κ3) is 5.56. The van der Waals surface area contributed by atoms with Gasteiger partial charge in [0.05, 0.1) is 36.6 Å². The molecule has 0 aliphatic carbocycles. The van der Waals surface area contributed by atoms with Crippen molar-refractivity contribution in [3.05, 3.63) is 76.6 Å². The summed E-state index contributed by atoms with van der Waals surface area (Å²) in [5, 5.41) is 12.8. The average molecular weight is 498 g/mol. The Bertz CT molecular complexity index is 1220. The zero-order valence-electron chi connectivity index (χ0n) is 20.1. The highest BCUT2D eigenvalue weighted by atomic mass is 19.1. The van der Waals surface area contributed by atoms with E-state index in [2.05, 4.69) is 25.7 Å². The second kappa shape index (κ2) is 10.9. The molecule has 1 aromatic carbocycles. The number of rotatable bonds is 8. The average Bonchev–Trinajstić information content (AvgIpc) is 3.51. The van der Waals surface area contributed by atoms with E-state index in [4.69, 9.17) is 5.73 Å². The van der Waals surface area contributed by atoms with Crippen LogP contribution in [-0.2, 0) is 22.6 Å². The van der Waals surface area contributed by atoms with E-state index >= 15 is 0 Å². The summed E-state index contributed by atoms with van der Waals surface area (Å²) >= 11 is 0. The summed E-state index contributed by atoms with van der Waals surface area (Å²) in [7, 11) is 0. The number of benzene rings is 1. The molecule has 1 aliphatic heterocycles. The monoisotopic (exact) mass is 497 g/mol. The number of alkyl halides is 1. The van der Waals surface area contributed by atoms with E-state index in [-0.39, 0.29) is 37.5 Å². The molecular weight excluding hydrogens is 468 g/mol. The largest absolute Gasteiger partial charge is 0.342 e. The summed E-state index contributed by atoms with van der Waals surface area (Å²) in [6.45, 7) is 3.81. The smallest absolute Gasteiger partial charge is 0.243 e. The Morgan fingerprint density at radius 1 is 1.28 bits per heavy atom. The van der Waals surface area contributed by atoms with Gasteiger partial charge in [-0.2, -0.15) is 19.8 Å². The molecular formula is C25H29F2N7O2. The number of nitrogens with two attached hydrogens (primary N) is 1. The number of pyridine rings is 1. The van der Waals surface area contributed by atoms with Crippen LogP contribution in [0.25, 0.3) is 0 Å². The Kier molecular flexibility index (Phi) is 7.68. The number of amides is 2. The van der Waals surface area contributed by atoms with Crippen LogP contribution < -0.4 is 11.1 Å². The lowest BCUT2D eigenvalue weighted by Crippen LogP contribution is -2.47. The van der Waals surface area contributed by atoms with E-state index in [1.165, 1.54) is 11.1 Å². The lowest BCUT2D eigenvalue weighted by atomic mass is 9.98. The van der Waals surface area contributed by atoms with Crippen molar-refractivity contribution in [1.82, 2.24) is 30.6 Å². The van der Waals surface area contributed by atoms with Crippen LogP contribution in [0, 0.1) is 5.95 Å². The molecule has 1 saturated heterocycles. The van der Waals surface area contributed by atoms with Crippen molar-refractivity contribution in [2.45, 2.75) is 57.4 Å². The zero-order chi connectivity index (χ0) is 25.8. The van der Waals surface area contributed by atoms with Crippen LogP contribution in [0.3, 0.4) is 0 Å². The summed E-state index contributed by atoms with van der Waals surface area (Å²) in [5.74, 6) is -1.67. The van der Waals surface area contributed by atoms with Gasteiger partial charge in [0.1, 0.15) is 12.2 Å². The van der Waals surface area contributed by atoms with Gasteiger partial charge >= 0.3 is 0 Å². The molecule has 3 heterocycles. The normalized spacial score (nSPS) is 18.4. The van der Waals surface area contributed by atoms with Gasteiger partial charge in [-0.3, -0.25) is 9.59 Å². The van der Waals surface area contributed by atoms with Crippen molar-refractivity contribution in [3.63, 3.8) is 0 Å².